The fraction of sp³-hybridized carbons (Fsp3) is 0.273. The minimum atomic E-state index is -2.22. The van der Waals surface area contributed by atoms with E-state index in [1.165, 1.54) is 0 Å². The van der Waals surface area contributed by atoms with Gasteiger partial charge in [-0.15, -0.1) is 0 Å². The fourth-order valence-corrected chi connectivity index (χ4v) is 1.75. The second-order valence-electron chi connectivity index (χ2n) is 4.01. The molecule has 0 radical (unpaired) electrons. The maximum Gasteiger partial charge on any atom is 0.444 e. The number of halogens is 3. The zero-order chi connectivity index (χ0) is 15.6. The molecule has 2 rings (SSSR count). The molecule has 0 N–H and O–H groups in total. The number of para-hydroxylation sites is 1. The Morgan fingerprint density at radius 2 is 1.86 bits per heavy atom. The van der Waals surface area contributed by atoms with Crippen molar-refractivity contribution in [2.45, 2.75) is 17.8 Å². The third kappa shape index (κ3) is 3.96. The van der Waals surface area contributed by atoms with Gasteiger partial charge < -0.3 is 9.47 Å². The number of benzene rings is 1. The monoisotopic (exact) mass is 350 g/mol. The lowest BCUT2D eigenvalue weighted by Crippen LogP contribution is -2.23. The Bertz CT molecular complexity index is 649. The van der Waals surface area contributed by atoms with E-state index in [1.807, 2.05) is 32.0 Å². The van der Waals surface area contributed by atoms with Crippen LogP contribution in [0.1, 0.15) is 11.1 Å². The van der Waals surface area contributed by atoms with Gasteiger partial charge in [-0.3, -0.25) is 0 Å². The number of hydrogen-bond donors (Lipinski definition) is 0. The molecule has 0 spiro atoms. The molecule has 2 aromatic rings. The van der Waals surface area contributed by atoms with E-state index in [9.17, 15) is 4.79 Å². The lowest BCUT2D eigenvalue weighted by molar-refractivity contribution is 0.139. The highest BCUT2D eigenvalue weighted by Crippen LogP contribution is 2.30. The van der Waals surface area contributed by atoms with Gasteiger partial charge in [0.2, 0.25) is 0 Å². The van der Waals surface area contributed by atoms with Crippen LogP contribution in [0.2, 0.25) is 0 Å². The van der Waals surface area contributed by atoms with Crippen LogP contribution < -0.4 is 4.74 Å². The molecular formula is C11H9Cl3N4O3. The summed E-state index contributed by atoms with van der Waals surface area (Å²) < 4.78 is 8.49. The van der Waals surface area contributed by atoms with Crippen LogP contribution in [0, 0.1) is 13.8 Å². The Hall–Kier alpha value is -1.57. The molecule has 10 heteroatoms. The third-order valence-corrected chi connectivity index (χ3v) is 2.65. The molecule has 0 bridgehead atoms. The minimum Gasteiger partial charge on any atom is -0.422 e. The average molecular weight is 352 g/mol. The van der Waals surface area contributed by atoms with E-state index in [2.05, 4.69) is 20.3 Å². The highest BCUT2D eigenvalue weighted by molar-refractivity contribution is 6.66. The summed E-state index contributed by atoms with van der Waals surface area (Å²) in [6.07, 6.45) is -1.08. The van der Waals surface area contributed by atoms with Crippen molar-refractivity contribution in [1.82, 2.24) is 20.2 Å². The topological polar surface area (TPSA) is 79.1 Å². The normalized spacial score (nSPS) is 11.3. The van der Waals surface area contributed by atoms with E-state index in [1.54, 1.807) is 0 Å². The quantitative estimate of drug-likeness (QED) is 0.609. The first kappa shape index (κ1) is 15.8. The summed E-state index contributed by atoms with van der Waals surface area (Å²) in [5.74, 6) is 0.523. The van der Waals surface area contributed by atoms with Gasteiger partial charge in [0.05, 0.1) is 0 Å². The van der Waals surface area contributed by atoms with Crippen molar-refractivity contribution in [3.63, 3.8) is 0 Å². The van der Waals surface area contributed by atoms with E-state index in [0.29, 0.717) is 10.4 Å². The Kier molecular flexibility index (Phi) is 4.55. The molecular weight excluding hydrogens is 343 g/mol. The van der Waals surface area contributed by atoms with E-state index in [-0.39, 0.29) is 6.01 Å². The van der Waals surface area contributed by atoms with Gasteiger partial charge in [0.25, 0.3) is 0 Å². The van der Waals surface area contributed by atoms with Crippen molar-refractivity contribution in [3.05, 3.63) is 29.3 Å². The Labute approximate surface area is 134 Å². The Morgan fingerprint density at radius 3 is 2.43 bits per heavy atom. The summed E-state index contributed by atoms with van der Waals surface area (Å²) in [5, 5.41) is 10.4. The van der Waals surface area contributed by atoms with Crippen molar-refractivity contribution in [1.29, 1.82) is 0 Å². The molecule has 21 heavy (non-hydrogen) atoms. The summed E-state index contributed by atoms with van der Waals surface area (Å²) in [5.41, 5.74) is 1.69. The van der Waals surface area contributed by atoms with Crippen LogP contribution in [0.3, 0.4) is 0 Å². The number of alkyl halides is 3. The van der Waals surface area contributed by atoms with Gasteiger partial charge in [-0.2, -0.15) is 0 Å². The standard InChI is InChI=1S/C11H9Cl3N4O3/c1-6-4-3-5-7(2)8(6)20-9-15-16-17-18(9)10(19)21-11(12,13)14/h3-5H,1-2H3. The van der Waals surface area contributed by atoms with Crippen molar-refractivity contribution in [3.8, 4) is 11.8 Å². The number of aryl methyl sites for hydroxylation is 2. The predicted octanol–water partition coefficient (Wildman–Crippen LogP) is 3.39. The predicted molar refractivity (Wildman–Crippen MR) is 76.0 cm³/mol. The lowest BCUT2D eigenvalue weighted by atomic mass is 10.1. The van der Waals surface area contributed by atoms with Gasteiger partial charge in [0.1, 0.15) is 5.75 Å². The number of rotatable bonds is 2. The molecule has 0 saturated carbocycles. The van der Waals surface area contributed by atoms with Crippen LogP contribution in [0.5, 0.6) is 11.8 Å². The molecule has 0 aliphatic heterocycles. The maximum atomic E-state index is 11.8. The van der Waals surface area contributed by atoms with Gasteiger partial charge in [0, 0.05) is 0 Å². The van der Waals surface area contributed by atoms with E-state index in [0.717, 1.165) is 11.1 Å². The van der Waals surface area contributed by atoms with E-state index >= 15 is 0 Å². The first-order valence-corrected chi connectivity index (χ1v) is 6.74. The molecule has 112 valence electrons. The second-order valence-corrected chi connectivity index (χ2v) is 6.19. The van der Waals surface area contributed by atoms with Crippen LogP contribution in [-0.4, -0.2) is 30.3 Å². The molecule has 0 unspecified atom stereocenters. The Morgan fingerprint density at radius 1 is 1.24 bits per heavy atom. The number of carbonyl (C=O) groups excluding carboxylic acids is 1. The van der Waals surface area contributed by atoms with Crippen molar-refractivity contribution >= 4 is 40.9 Å². The largest absolute Gasteiger partial charge is 0.444 e. The number of carbonyl (C=O) groups is 1. The molecule has 0 atom stereocenters. The van der Waals surface area contributed by atoms with Gasteiger partial charge in [-0.1, -0.05) is 28.0 Å². The first-order chi connectivity index (χ1) is 9.78. The number of hydrogen-bond acceptors (Lipinski definition) is 6. The SMILES string of the molecule is Cc1cccc(C)c1Oc1nnnn1C(=O)OC(Cl)(Cl)Cl. The third-order valence-electron chi connectivity index (χ3n) is 2.42. The lowest BCUT2D eigenvalue weighted by Gasteiger charge is -2.13. The van der Waals surface area contributed by atoms with Crippen molar-refractivity contribution in [2.75, 3.05) is 0 Å². The summed E-state index contributed by atoms with van der Waals surface area (Å²) in [6.45, 7) is 3.69. The molecule has 7 nitrogen and oxygen atoms in total. The highest BCUT2D eigenvalue weighted by Gasteiger charge is 2.29. The van der Waals surface area contributed by atoms with Crippen molar-refractivity contribution in [2.24, 2.45) is 0 Å². The van der Waals surface area contributed by atoms with Gasteiger partial charge in [0.15, 0.2) is 0 Å². The highest BCUT2D eigenvalue weighted by atomic mass is 35.6. The minimum absolute atomic E-state index is 0.202. The molecule has 0 saturated heterocycles. The van der Waals surface area contributed by atoms with E-state index < -0.39 is 10.1 Å². The molecule has 0 fully saturated rings. The van der Waals surface area contributed by atoms with Crippen LogP contribution in [0.4, 0.5) is 4.79 Å². The molecule has 1 aromatic heterocycles. The molecule has 0 aliphatic rings. The fourth-order valence-electron chi connectivity index (χ4n) is 1.55. The van der Waals surface area contributed by atoms with Gasteiger partial charge >= 0.3 is 16.1 Å². The zero-order valence-electron chi connectivity index (χ0n) is 10.9. The van der Waals surface area contributed by atoms with Crippen LogP contribution in [0.15, 0.2) is 18.2 Å². The number of ether oxygens (including phenoxy) is 2. The van der Waals surface area contributed by atoms with Gasteiger partial charge in [-0.05, 0) is 70.2 Å². The summed E-state index contributed by atoms with van der Waals surface area (Å²) >= 11 is 16.1. The van der Waals surface area contributed by atoms with Gasteiger partial charge in [-0.25, -0.2) is 4.79 Å². The summed E-state index contributed by atoms with van der Waals surface area (Å²) in [4.78, 5) is 11.8. The summed E-state index contributed by atoms with van der Waals surface area (Å²) in [7, 11) is 0. The number of tetrazole rings is 1. The second kappa shape index (κ2) is 6.05. The van der Waals surface area contributed by atoms with Crippen LogP contribution >= 0.6 is 34.8 Å². The maximum absolute atomic E-state index is 11.8. The smallest absolute Gasteiger partial charge is 0.422 e. The Balaban J connectivity index is 2.27. The van der Waals surface area contributed by atoms with Crippen LogP contribution in [0.25, 0.3) is 0 Å². The van der Waals surface area contributed by atoms with Crippen molar-refractivity contribution < 1.29 is 14.3 Å². The van der Waals surface area contributed by atoms with Crippen LogP contribution in [-0.2, 0) is 4.74 Å². The molecule has 1 aromatic carbocycles. The number of nitrogens with zero attached hydrogens (tertiary/aromatic N) is 4. The zero-order valence-corrected chi connectivity index (χ0v) is 13.1. The van der Waals surface area contributed by atoms with E-state index in [4.69, 9.17) is 39.5 Å². The first-order valence-electron chi connectivity index (χ1n) is 5.60. The molecule has 0 amide bonds. The average Bonchev–Trinajstić information content (AvgIpc) is 2.80. The molecule has 1 heterocycles. The summed E-state index contributed by atoms with van der Waals surface area (Å²) in [6, 6.07) is 5.36. The number of aromatic nitrogens is 4. The molecule has 0 aliphatic carbocycles.